The zero-order valence-corrected chi connectivity index (χ0v) is 14.2. The number of ether oxygens (including phenoxy) is 1. The Bertz CT molecular complexity index is 882. The molecule has 1 aliphatic heterocycles. The van der Waals surface area contributed by atoms with E-state index in [1.54, 1.807) is 0 Å². The van der Waals surface area contributed by atoms with E-state index in [-0.39, 0.29) is 21.5 Å². The van der Waals surface area contributed by atoms with Gasteiger partial charge in [-0.25, -0.2) is 4.90 Å². The molecule has 2 amide bonds. The summed E-state index contributed by atoms with van der Waals surface area (Å²) in [5.41, 5.74) is -0.555. The van der Waals surface area contributed by atoms with E-state index in [2.05, 4.69) is 0 Å². The SMILES string of the molecule is O=C1C(Cl)=C(Cl)C(=O)N1c1ccc(Oc2ccc(C(F)(F)F)cc2)cc1. The molecule has 0 atom stereocenters. The minimum absolute atomic E-state index is 0.201. The van der Waals surface area contributed by atoms with Crippen LogP contribution in [0.25, 0.3) is 0 Å². The summed E-state index contributed by atoms with van der Waals surface area (Å²) in [6.07, 6.45) is -4.43. The summed E-state index contributed by atoms with van der Waals surface area (Å²) in [6, 6.07) is 9.94. The van der Waals surface area contributed by atoms with Gasteiger partial charge in [-0.2, -0.15) is 13.2 Å². The van der Waals surface area contributed by atoms with E-state index in [4.69, 9.17) is 27.9 Å². The molecule has 0 saturated heterocycles. The van der Waals surface area contributed by atoms with E-state index in [1.165, 1.54) is 36.4 Å². The average molecular weight is 402 g/mol. The van der Waals surface area contributed by atoms with E-state index in [9.17, 15) is 22.8 Å². The Morgan fingerprint density at radius 3 is 1.62 bits per heavy atom. The van der Waals surface area contributed by atoms with Gasteiger partial charge in [-0.15, -0.1) is 0 Å². The Balaban J connectivity index is 1.75. The van der Waals surface area contributed by atoms with Crippen molar-refractivity contribution in [3.8, 4) is 11.5 Å². The second-order valence-electron chi connectivity index (χ2n) is 5.19. The molecule has 0 fully saturated rings. The van der Waals surface area contributed by atoms with Crippen LogP contribution in [0.1, 0.15) is 5.56 Å². The predicted molar refractivity (Wildman–Crippen MR) is 89.2 cm³/mol. The molecule has 26 heavy (non-hydrogen) atoms. The van der Waals surface area contributed by atoms with Crippen LogP contribution in [0.15, 0.2) is 58.6 Å². The summed E-state index contributed by atoms with van der Waals surface area (Å²) in [5, 5.41) is -0.719. The molecule has 3 rings (SSSR count). The van der Waals surface area contributed by atoms with E-state index >= 15 is 0 Å². The number of halogens is 5. The van der Waals surface area contributed by atoms with E-state index < -0.39 is 23.6 Å². The van der Waals surface area contributed by atoms with Crippen molar-refractivity contribution in [2.24, 2.45) is 0 Å². The number of alkyl halides is 3. The van der Waals surface area contributed by atoms with E-state index in [0.717, 1.165) is 17.0 Å². The normalized spacial score (nSPS) is 15.0. The molecule has 1 heterocycles. The Morgan fingerprint density at radius 1 is 0.769 bits per heavy atom. The summed E-state index contributed by atoms with van der Waals surface area (Å²) in [7, 11) is 0. The van der Waals surface area contributed by atoms with Crippen molar-refractivity contribution in [3.05, 3.63) is 64.2 Å². The first kappa shape index (κ1) is 18.3. The topological polar surface area (TPSA) is 46.6 Å². The molecule has 0 unspecified atom stereocenters. The third-order valence-corrected chi connectivity index (χ3v) is 4.28. The molecule has 0 aromatic heterocycles. The number of amides is 2. The monoisotopic (exact) mass is 401 g/mol. The van der Waals surface area contributed by atoms with Gasteiger partial charge in [-0.1, -0.05) is 23.2 Å². The van der Waals surface area contributed by atoms with Crippen LogP contribution in [0.3, 0.4) is 0 Å². The van der Waals surface area contributed by atoms with E-state index in [1.807, 2.05) is 0 Å². The van der Waals surface area contributed by atoms with Gasteiger partial charge in [0.05, 0.1) is 11.3 Å². The third kappa shape index (κ3) is 3.40. The zero-order chi connectivity index (χ0) is 19.1. The largest absolute Gasteiger partial charge is 0.457 e. The Hall–Kier alpha value is -2.51. The lowest BCUT2D eigenvalue weighted by Gasteiger charge is -2.15. The molecule has 0 spiro atoms. The molecule has 2 aromatic rings. The zero-order valence-electron chi connectivity index (χ0n) is 12.7. The van der Waals surface area contributed by atoms with Gasteiger partial charge < -0.3 is 4.74 Å². The number of hydrogen-bond donors (Lipinski definition) is 0. The van der Waals surface area contributed by atoms with Gasteiger partial charge in [0, 0.05) is 0 Å². The second kappa shape index (κ2) is 6.66. The molecule has 0 saturated carbocycles. The number of rotatable bonds is 3. The lowest BCUT2D eigenvalue weighted by molar-refractivity contribution is -0.137. The standard InChI is InChI=1S/C17H8Cl2F3NO3/c18-13-14(19)16(25)23(15(13)24)10-3-7-12(8-4-10)26-11-5-1-9(2-6-11)17(20,21)22/h1-8H. The minimum Gasteiger partial charge on any atom is -0.457 e. The van der Waals surface area contributed by atoms with Crippen LogP contribution in [0.4, 0.5) is 18.9 Å². The number of nitrogens with zero attached hydrogens (tertiary/aromatic N) is 1. The quantitative estimate of drug-likeness (QED) is 0.675. The van der Waals surface area contributed by atoms with Crippen molar-refractivity contribution in [1.29, 1.82) is 0 Å². The highest BCUT2D eigenvalue weighted by Crippen LogP contribution is 2.34. The first-order chi connectivity index (χ1) is 12.2. The second-order valence-corrected chi connectivity index (χ2v) is 5.95. The number of hydrogen-bond acceptors (Lipinski definition) is 3. The third-order valence-electron chi connectivity index (χ3n) is 3.49. The summed E-state index contributed by atoms with van der Waals surface area (Å²) >= 11 is 11.3. The summed E-state index contributed by atoms with van der Waals surface area (Å²) in [5.74, 6) is -0.972. The van der Waals surface area contributed by atoms with Gasteiger partial charge >= 0.3 is 6.18 Å². The first-order valence-corrected chi connectivity index (χ1v) is 7.83. The van der Waals surface area contributed by atoms with Crippen molar-refractivity contribution < 1.29 is 27.5 Å². The maximum absolute atomic E-state index is 12.5. The summed E-state index contributed by atoms with van der Waals surface area (Å²) in [6.45, 7) is 0. The van der Waals surface area contributed by atoms with Crippen molar-refractivity contribution >= 4 is 40.7 Å². The highest BCUT2D eigenvalue weighted by Gasteiger charge is 2.37. The maximum Gasteiger partial charge on any atom is 0.416 e. The molecule has 1 aliphatic rings. The number of carbonyl (C=O) groups is 2. The van der Waals surface area contributed by atoms with Gasteiger partial charge in [0.2, 0.25) is 0 Å². The van der Waals surface area contributed by atoms with Crippen molar-refractivity contribution in [2.75, 3.05) is 4.90 Å². The van der Waals surface area contributed by atoms with Crippen LogP contribution < -0.4 is 9.64 Å². The predicted octanol–water partition coefficient (Wildman–Crippen LogP) is 5.06. The number of benzene rings is 2. The Kier molecular flexibility index (Phi) is 4.68. The average Bonchev–Trinajstić information content (AvgIpc) is 2.79. The van der Waals surface area contributed by atoms with Crippen LogP contribution in [0, 0.1) is 0 Å². The number of imide groups is 1. The molecule has 0 bridgehead atoms. The van der Waals surface area contributed by atoms with Crippen LogP contribution in [-0.2, 0) is 15.8 Å². The van der Waals surface area contributed by atoms with Crippen LogP contribution in [0.2, 0.25) is 0 Å². The van der Waals surface area contributed by atoms with Crippen molar-refractivity contribution in [2.45, 2.75) is 6.18 Å². The first-order valence-electron chi connectivity index (χ1n) is 7.07. The molecular formula is C17H8Cl2F3NO3. The fraction of sp³-hybridized carbons (Fsp3) is 0.0588. The molecule has 134 valence electrons. The summed E-state index contributed by atoms with van der Waals surface area (Å²) in [4.78, 5) is 24.7. The number of carbonyl (C=O) groups excluding carboxylic acids is 2. The Morgan fingerprint density at radius 2 is 1.19 bits per heavy atom. The smallest absolute Gasteiger partial charge is 0.416 e. The fourth-order valence-electron chi connectivity index (χ4n) is 2.22. The molecule has 2 aromatic carbocycles. The molecule has 0 radical (unpaired) electrons. The minimum atomic E-state index is -4.43. The van der Waals surface area contributed by atoms with Crippen molar-refractivity contribution in [3.63, 3.8) is 0 Å². The summed E-state index contributed by atoms with van der Waals surface area (Å²) < 4.78 is 43.0. The van der Waals surface area contributed by atoms with Gasteiger partial charge in [-0.3, -0.25) is 9.59 Å². The van der Waals surface area contributed by atoms with Crippen LogP contribution in [-0.4, -0.2) is 11.8 Å². The van der Waals surface area contributed by atoms with Gasteiger partial charge in [0.25, 0.3) is 11.8 Å². The van der Waals surface area contributed by atoms with Gasteiger partial charge in [0.15, 0.2) is 0 Å². The Labute approximate surface area is 155 Å². The van der Waals surface area contributed by atoms with Gasteiger partial charge in [-0.05, 0) is 48.5 Å². The molecule has 0 N–H and O–H groups in total. The molecule has 9 heteroatoms. The molecular weight excluding hydrogens is 394 g/mol. The number of anilines is 1. The van der Waals surface area contributed by atoms with E-state index in [0.29, 0.717) is 5.75 Å². The maximum atomic E-state index is 12.5. The lowest BCUT2D eigenvalue weighted by Crippen LogP contribution is -2.30. The molecule has 0 aliphatic carbocycles. The van der Waals surface area contributed by atoms with Gasteiger partial charge in [0.1, 0.15) is 21.6 Å². The molecule has 4 nitrogen and oxygen atoms in total. The highest BCUT2D eigenvalue weighted by molar-refractivity contribution is 6.62. The fourth-order valence-corrected chi connectivity index (χ4v) is 2.55. The van der Waals surface area contributed by atoms with Crippen molar-refractivity contribution in [1.82, 2.24) is 0 Å². The highest BCUT2D eigenvalue weighted by atomic mass is 35.5. The van der Waals surface area contributed by atoms with Crippen LogP contribution >= 0.6 is 23.2 Å². The van der Waals surface area contributed by atoms with Crippen LogP contribution in [0.5, 0.6) is 11.5 Å². The lowest BCUT2D eigenvalue weighted by atomic mass is 10.2.